The summed E-state index contributed by atoms with van der Waals surface area (Å²) in [5, 5.41) is 9.76. The topological polar surface area (TPSA) is 40.5 Å². The van der Waals surface area contributed by atoms with Crippen molar-refractivity contribution in [1.82, 2.24) is 4.90 Å². The predicted molar refractivity (Wildman–Crippen MR) is 70.1 cm³/mol. The molecular formula is C14H27NO2. The Morgan fingerprint density at radius 1 is 1.47 bits per heavy atom. The van der Waals surface area contributed by atoms with Gasteiger partial charge in [0, 0.05) is 6.04 Å². The van der Waals surface area contributed by atoms with Crippen LogP contribution in [0.5, 0.6) is 0 Å². The van der Waals surface area contributed by atoms with Crippen molar-refractivity contribution in [2.75, 3.05) is 6.54 Å². The number of carbonyl (C=O) groups is 1. The van der Waals surface area contributed by atoms with E-state index in [9.17, 15) is 9.90 Å². The maximum absolute atomic E-state index is 11.9. The van der Waals surface area contributed by atoms with Crippen molar-refractivity contribution in [3.05, 3.63) is 0 Å². The van der Waals surface area contributed by atoms with E-state index in [0.29, 0.717) is 6.04 Å². The molecule has 0 aromatic rings. The van der Waals surface area contributed by atoms with Gasteiger partial charge in [-0.15, -0.1) is 0 Å². The fourth-order valence-electron chi connectivity index (χ4n) is 3.36. The third kappa shape index (κ3) is 2.65. The lowest BCUT2D eigenvalue weighted by Crippen LogP contribution is -2.62. The monoisotopic (exact) mass is 241 g/mol. The number of carboxylic acid groups (broad SMARTS) is 1. The summed E-state index contributed by atoms with van der Waals surface area (Å²) in [5.74, 6) is -0.366. The summed E-state index contributed by atoms with van der Waals surface area (Å²) in [6, 6.07) is 0.298. The van der Waals surface area contributed by atoms with Crippen molar-refractivity contribution in [1.29, 1.82) is 0 Å². The van der Waals surface area contributed by atoms with E-state index < -0.39 is 11.5 Å². The SMILES string of the molecule is CCCN(C(C)C)C1(C(=O)O)CCCCC1C. The third-order valence-electron chi connectivity index (χ3n) is 4.23. The largest absolute Gasteiger partial charge is 0.480 e. The summed E-state index contributed by atoms with van der Waals surface area (Å²) >= 11 is 0. The molecule has 3 heteroatoms. The van der Waals surface area contributed by atoms with Crippen molar-refractivity contribution in [3.8, 4) is 0 Å². The molecule has 1 N–H and O–H groups in total. The van der Waals surface area contributed by atoms with Gasteiger partial charge in [0.25, 0.3) is 0 Å². The number of rotatable bonds is 5. The molecule has 0 saturated heterocycles. The van der Waals surface area contributed by atoms with Gasteiger partial charge in [-0.1, -0.05) is 26.7 Å². The van der Waals surface area contributed by atoms with E-state index in [1.807, 2.05) is 0 Å². The maximum Gasteiger partial charge on any atom is 0.324 e. The zero-order valence-corrected chi connectivity index (χ0v) is 11.7. The second-order valence-corrected chi connectivity index (χ2v) is 5.66. The average Bonchev–Trinajstić information content (AvgIpc) is 2.26. The number of hydrogen-bond donors (Lipinski definition) is 1. The molecule has 0 spiro atoms. The first-order valence-electron chi connectivity index (χ1n) is 6.97. The molecule has 1 rings (SSSR count). The van der Waals surface area contributed by atoms with Gasteiger partial charge >= 0.3 is 5.97 Å². The smallest absolute Gasteiger partial charge is 0.324 e. The molecule has 0 radical (unpaired) electrons. The van der Waals surface area contributed by atoms with Crippen LogP contribution in [0.4, 0.5) is 0 Å². The molecule has 100 valence electrons. The molecule has 1 saturated carbocycles. The normalized spacial score (nSPS) is 29.9. The summed E-state index contributed by atoms with van der Waals surface area (Å²) in [4.78, 5) is 14.1. The molecule has 0 aliphatic heterocycles. The van der Waals surface area contributed by atoms with Gasteiger partial charge < -0.3 is 5.11 Å². The van der Waals surface area contributed by atoms with Crippen molar-refractivity contribution in [2.45, 2.75) is 71.4 Å². The van der Waals surface area contributed by atoms with Gasteiger partial charge in [0.2, 0.25) is 0 Å². The summed E-state index contributed by atoms with van der Waals surface area (Å²) < 4.78 is 0. The van der Waals surface area contributed by atoms with E-state index >= 15 is 0 Å². The van der Waals surface area contributed by atoms with Gasteiger partial charge in [-0.3, -0.25) is 9.69 Å². The number of aliphatic carboxylic acids is 1. The van der Waals surface area contributed by atoms with E-state index in [2.05, 4.69) is 32.6 Å². The molecular weight excluding hydrogens is 214 g/mol. The molecule has 1 fully saturated rings. The van der Waals surface area contributed by atoms with Gasteiger partial charge in [-0.25, -0.2) is 0 Å². The second kappa shape index (κ2) is 5.85. The van der Waals surface area contributed by atoms with Crippen molar-refractivity contribution in [2.24, 2.45) is 5.92 Å². The Morgan fingerprint density at radius 3 is 2.53 bits per heavy atom. The van der Waals surface area contributed by atoms with E-state index in [1.165, 1.54) is 6.42 Å². The number of nitrogens with zero attached hydrogens (tertiary/aromatic N) is 1. The molecule has 0 aromatic carbocycles. The molecule has 3 nitrogen and oxygen atoms in total. The van der Waals surface area contributed by atoms with Crippen LogP contribution in [0, 0.1) is 5.92 Å². The Bertz CT molecular complexity index is 265. The van der Waals surface area contributed by atoms with Crippen LogP contribution in [0.3, 0.4) is 0 Å². The van der Waals surface area contributed by atoms with E-state index in [4.69, 9.17) is 0 Å². The minimum Gasteiger partial charge on any atom is -0.480 e. The zero-order valence-electron chi connectivity index (χ0n) is 11.7. The number of carboxylic acids is 1. The van der Waals surface area contributed by atoms with Crippen molar-refractivity contribution in [3.63, 3.8) is 0 Å². The first-order chi connectivity index (χ1) is 7.96. The lowest BCUT2D eigenvalue weighted by molar-refractivity contribution is -0.161. The zero-order chi connectivity index (χ0) is 13.1. The molecule has 17 heavy (non-hydrogen) atoms. The van der Waals surface area contributed by atoms with Gasteiger partial charge in [0.05, 0.1) is 0 Å². The lowest BCUT2D eigenvalue weighted by atomic mass is 9.71. The maximum atomic E-state index is 11.9. The van der Waals surface area contributed by atoms with Crippen LogP contribution in [0.25, 0.3) is 0 Å². The Labute approximate surface area is 105 Å². The molecule has 0 amide bonds. The molecule has 0 heterocycles. The first kappa shape index (κ1) is 14.5. The summed E-state index contributed by atoms with van der Waals surface area (Å²) in [6.07, 6.45) is 5.08. The molecule has 2 unspecified atom stereocenters. The van der Waals surface area contributed by atoms with Crippen LogP contribution in [-0.2, 0) is 4.79 Å². The Morgan fingerprint density at radius 2 is 2.12 bits per heavy atom. The van der Waals surface area contributed by atoms with Crippen LogP contribution in [0.2, 0.25) is 0 Å². The quantitative estimate of drug-likeness (QED) is 0.804. The summed E-state index contributed by atoms with van der Waals surface area (Å²) in [5.41, 5.74) is -0.623. The minimum atomic E-state index is -0.623. The fourth-order valence-corrected chi connectivity index (χ4v) is 3.36. The highest BCUT2D eigenvalue weighted by atomic mass is 16.4. The van der Waals surface area contributed by atoms with Crippen molar-refractivity contribution < 1.29 is 9.90 Å². The van der Waals surface area contributed by atoms with Crippen LogP contribution >= 0.6 is 0 Å². The molecule has 0 aromatic heterocycles. The van der Waals surface area contributed by atoms with Gasteiger partial charge in [0.1, 0.15) is 5.54 Å². The minimum absolute atomic E-state index is 0.252. The molecule has 2 atom stereocenters. The highest BCUT2D eigenvalue weighted by Crippen LogP contribution is 2.39. The predicted octanol–water partition coefficient (Wildman–Crippen LogP) is 3.14. The molecule has 1 aliphatic carbocycles. The Balaban J connectivity index is 3.06. The highest BCUT2D eigenvalue weighted by molar-refractivity contribution is 5.79. The summed E-state index contributed by atoms with van der Waals surface area (Å²) in [7, 11) is 0. The van der Waals surface area contributed by atoms with E-state index in [-0.39, 0.29) is 5.92 Å². The highest BCUT2D eigenvalue weighted by Gasteiger charge is 2.50. The Kier molecular flexibility index (Phi) is 4.99. The summed E-state index contributed by atoms with van der Waals surface area (Å²) in [6.45, 7) is 9.34. The average molecular weight is 241 g/mol. The lowest BCUT2D eigenvalue weighted by Gasteiger charge is -2.49. The number of hydrogen-bond acceptors (Lipinski definition) is 2. The second-order valence-electron chi connectivity index (χ2n) is 5.66. The van der Waals surface area contributed by atoms with Gasteiger partial charge in [0.15, 0.2) is 0 Å². The molecule has 0 bridgehead atoms. The van der Waals surface area contributed by atoms with Gasteiger partial charge in [-0.05, 0) is 45.6 Å². The van der Waals surface area contributed by atoms with Crippen LogP contribution < -0.4 is 0 Å². The van der Waals surface area contributed by atoms with E-state index in [0.717, 1.165) is 32.2 Å². The Hall–Kier alpha value is -0.570. The van der Waals surface area contributed by atoms with Crippen LogP contribution in [0.1, 0.15) is 59.8 Å². The van der Waals surface area contributed by atoms with Gasteiger partial charge in [-0.2, -0.15) is 0 Å². The molecule has 1 aliphatic rings. The van der Waals surface area contributed by atoms with E-state index in [1.54, 1.807) is 0 Å². The standard InChI is InChI=1S/C14H27NO2/c1-5-10-15(11(2)3)14(13(16)17)9-7-6-8-12(14)4/h11-12H,5-10H2,1-4H3,(H,16,17). The van der Waals surface area contributed by atoms with Crippen molar-refractivity contribution >= 4 is 5.97 Å². The third-order valence-corrected chi connectivity index (χ3v) is 4.23. The van der Waals surface area contributed by atoms with Crippen LogP contribution in [-0.4, -0.2) is 34.1 Å². The van der Waals surface area contributed by atoms with Crippen LogP contribution in [0.15, 0.2) is 0 Å². The first-order valence-corrected chi connectivity index (χ1v) is 6.97. The fraction of sp³-hybridized carbons (Fsp3) is 0.929.